The first-order chi connectivity index (χ1) is 7.84. The molecule has 2 aromatic carbocycles. The molecule has 1 N–H and O–H groups in total. The molecule has 1 heterocycles. The third-order valence-corrected chi connectivity index (χ3v) is 2.83. The van der Waals surface area contributed by atoms with E-state index in [1.807, 2.05) is 42.7 Å². The van der Waals surface area contributed by atoms with Gasteiger partial charge in [0.2, 0.25) is 6.33 Å². The molecule has 3 heteroatoms. The number of hydrogen-bond acceptors (Lipinski definition) is 0. The van der Waals surface area contributed by atoms with E-state index in [1.54, 1.807) is 0 Å². The molecule has 78 valence electrons. The molecular weight excluding hydrogens is 220 g/mol. The summed E-state index contributed by atoms with van der Waals surface area (Å²) in [4.78, 5) is 3.23. The number of hydrogen-bond donors (Lipinski definition) is 1. The first kappa shape index (κ1) is 9.43. The number of nitrogens with zero attached hydrogens (tertiary/aromatic N) is 1. The maximum Gasteiger partial charge on any atom is 0.247 e. The van der Waals surface area contributed by atoms with Crippen LogP contribution in [-0.2, 0) is 0 Å². The molecule has 2 nitrogen and oxygen atoms in total. The normalized spacial score (nSPS) is 10.8. The summed E-state index contributed by atoms with van der Waals surface area (Å²) in [6.45, 7) is 0. The fourth-order valence-corrected chi connectivity index (χ4v) is 2.03. The zero-order chi connectivity index (χ0) is 11.0. The molecule has 16 heavy (non-hydrogen) atoms. The summed E-state index contributed by atoms with van der Waals surface area (Å²) in [7, 11) is 0. The molecule has 0 spiro atoms. The van der Waals surface area contributed by atoms with Gasteiger partial charge in [-0.2, -0.15) is 4.57 Å². The standard InChI is InChI=1S/C13H9ClN2/c14-10-4-3-5-11(8-10)16-9-15-12-6-1-2-7-13(12)16/h1-9H/p+1. The summed E-state index contributed by atoms with van der Waals surface area (Å²) in [5.41, 5.74) is 3.32. The SMILES string of the molecule is Clc1cccc(-[n+]2c[nH]c3ccccc32)c1. The van der Waals surface area contributed by atoms with Crippen LogP contribution < -0.4 is 4.57 Å². The predicted molar refractivity (Wildman–Crippen MR) is 64.8 cm³/mol. The van der Waals surface area contributed by atoms with Crippen LogP contribution in [0.3, 0.4) is 0 Å². The molecule has 0 amide bonds. The van der Waals surface area contributed by atoms with Crippen molar-refractivity contribution < 1.29 is 4.57 Å². The molecule has 0 aliphatic rings. The molecule has 0 aliphatic carbocycles. The van der Waals surface area contributed by atoms with Gasteiger partial charge in [-0.3, -0.25) is 0 Å². The molecule has 0 radical (unpaired) electrons. The van der Waals surface area contributed by atoms with Crippen LogP contribution in [-0.4, -0.2) is 4.98 Å². The van der Waals surface area contributed by atoms with Gasteiger partial charge in [-0.15, -0.1) is 0 Å². The van der Waals surface area contributed by atoms with Gasteiger partial charge in [0, 0.05) is 11.1 Å². The van der Waals surface area contributed by atoms with Crippen molar-refractivity contribution in [2.24, 2.45) is 0 Å². The fraction of sp³-hybridized carbons (Fsp3) is 0. The van der Waals surface area contributed by atoms with Gasteiger partial charge in [0.1, 0.15) is 5.69 Å². The van der Waals surface area contributed by atoms with Gasteiger partial charge in [-0.25, -0.2) is 4.98 Å². The summed E-state index contributed by atoms with van der Waals surface area (Å²) in [6.07, 6.45) is 1.94. The number of aromatic nitrogens is 2. The quantitative estimate of drug-likeness (QED) is 0.619. The lowest BCUT2D eigenvalue weighted by Gasteiger charge is -1.97. The molecule has 0 unspecified atom stereocenters. The molecular formula is C13H10ClN2+. The van der Waals surface area contributed by atoms with Gasteiger partial charge in [-0.1, -0.05) is 29.8 Å². The molecule has 1 aromatic heterocycles. The molecule has 0 aliphatic heterocycles. The lowest BCUT2D eigenvalue weighted by Crippen LogP contribution is -2.28. The van der Waals surface area contributed by atoms with Crippen LogP contribution in [0.2, 0.25) is 5.02 Å². The highest BCUT2D eigenvalue weighted by molar-refractivity contribution is 6.30. The van der Waals surface area contributed by atoms with Crippen LogP contribution in [0, 0.1) is 0 Å². The number of aromatic amines is 1. The average Bonchev–Trinajstić information content (AvgIpc) is 2.72. The highest BCUT2D eigenvalue weighted by Crippen LogP contribution is 2.13. The maximum atomic E-state index is 5.99. The molecule has 3 aromatic rings. The highest BCUT2D eigenvalue weighted by atomic mass is 35.5. The first-order valence-electron chi connectivity index (χ1n) is 5.08. The zero-order valence-corrected chi connectivity index (χ0v) is 9.28. The molecule has 0 bridgehead atoms. The average molecular weight is 230 g/mol. The molecule has 0 fully saturated rings. The number of H-pyrrole nitrogens is 1. The number of para-hydroxylation sites is 2. The van der Waals surface area contributed by atoms with Crippen molar-refractivity contribution in [3.05, 3.63) is 59.9 Å². The number of halogens is 1. The second-order valence-electron chi connectivity index (χ2n) is 3.64. The number of benzene rings is 2. The van der Waals surface area contributed by atoms with Gasteiger partial charge in [-0.05, 0) is 24.3 Å². The van der Waals surface area contributed by atoms with E-state index < -0.39 is 0 Å². The number of fused-ring (bicyclic) bond motifs is 1. The maximum absolute atomic E-state index is 5.99. The van der Waals surface area contributed by atoms with Gasteiger partial charge >= 0.3 is 0 Å². The summed E-state index contributed by atoms with van der Waals surface area (Å²) < 4.78 is 2.08. The first-order valence-corrected chi connectivity index (χ1v) is 5.46. The summed E-state index contributed by atoms with van der Waals surface area (Å²) >= 11 is 5.99. The van der Waals surface area contributed by atoms with E-state index in [4.69, 9.17) is 11.6 Å². The van der Waals surface area contributed by atoms with E-state index in [1.165, 1.54) is 0 Å². The van der Waals surface area contributed by atoms with Crippen LogP contribution >= 0.6 is 11.6 Å². The largest absolute Gasteiger partial charge is 0.247 e. The van der Waals surface area contributed by atoms with E-state index in [0.29, 0.717) is 0 Å². The monoisotopic (exact) mass is 229 g/mol. The van der Waals surface area contributed by atoms with Crippen LogP contribution in [0.4, 0.5) is 0 Å². The lowest BCUT2D eigenvalue weighted by molar-refractivity contribution is -0.567. The smallest absolute Gasteiger partial charge is 0.243 e. The van der Waals surface area contributed by atoms with Crippen LogP contribution in [0.1, 0.15) is 0 Å². The second kappa shape index (κ2) is 3.65. The van der Waals surface area contributed by atoms with Crippen molar-refractivity contribution in [3.8, 4) is 5.69 Å². The van der Waals surface area contributed by atoms with Crippen LogP contribution in [0.5, 0.6) is 0 Å². The minimum atomic E-state index is 0.746. The Kier molecular flexibility index (Phi) is 2.15. The van der Waals surface area contributed by atoms with Crippen LogP contribution in [0.15, 0.2) is 54.9 Å². The Balaban J connectivity index is 2.26. The second-order valence-corrected chi connectivity index (χ2v) is 4.08. The topological polar surface area (TPSA) is 19.7 Å². The summed E-state index contributed by atoms with van der Waals surface area (Å²) in [5.74, 6) is 0. The van der Waals surface area contributed by atoms with Crippen molar-refractivity contribution in [2.75, 3.05) is 0 Å². The molecule has 0 saturated carbocycles. The Morgan fingerprint density at radius 1 is 1.00 bits per heavy atom. The van der Waals surface area contributed by atoms with Crippen molar-refractivity contribution in [2.45, 2.75) is 0 Å². The third-order valence-electron chi connectivity index (χ3n) is 2.60. The third kappa shape index (κ3) is 1.48. The Morgan fingerprint density at radius 2 is 1.88 bits per heavy atom. The summed E-state index contributed by atoms with van der Waals surface area (Å²) in [5, 5.41) is 0.746. The van der Waals surface area contributed by atoms with Crippen LogP contribution in [0.25, 0.3) is 16.7 Å². The molecule has 0 atom stereocenters. The Hall–Kier alpha value is -1.80. The minimum absolute atomic E-state index is 0.746. The van der Waals surface area contributed by atoms with E-state index in [0.717, 1.165) is 21.7 Å². The van der Waals surface area contributed by atoms with Gasteiger partial charge in [0.05, 0.1) is 0 Å². The Labute approximate surface area is 98.1 Å². The highest BCUT2D eigenvalue weighted by Gasteiger charge is 2.10. The van der Waals surface area contributed by atoms with Gasteiger partial charge in [0.25, 0.3) is 0 Å². The van der Waals surface area contributed by atoms with E-state index >= 15 is 0 Å². The predicted octanol–water partition coefficient (Wildman–Crippen LogP) is 3.10. The Morgan fingerprint density at radius 3 is 2.75 bits per heavy atom. The van der Waals surface area contributed by atoms with E-state index in [-0.39, 0.29) is 0 Å². The number of rotatable bonds is 1. The van der Waals surface area contributed by atoms with Gasteiger partial charge in [0.15, 0.2) is 11.0 Å². The lowest BCUT2D eigenvalue weighted by atomic mass is 10.3. The zero-order valence-electron chi connectivity index (χ0n) is 8.52. The summed E-state index contributed by atoms with van der Waals surface area (Å²) in [6, 6.07) is 16.0. The number of imidazole rings is 1. The van der Waals surface area contributed by atoms with Crippen molar-refractivity contribution >= 4 is 22.6 Å². The Bertz CT molecular complexity index is 643. The van der Waals surface area contributed by atoms with E-state index in [2.05, 4.69) is 21.7 Å². The molecule has 3 rings (SSSR count). The van der Waals surface area contributed by atoms with Gasteiger partial charge < -0.3 is 0 Å². The van der Waals surface area contributed by atoms with E-state index in [9.17, 15) is 0 Å². The van der Waals surface area contributed by atoms with Crippen molar-refractivity contribution in [1.82, 2.24) is 4.98 Å². The minimum Gasteiger partial charge on any atom is -0.243 e. The van der Waals surface area contributed by atoms with Crippen molar-refractivity contribution in [3.63, 3.8) is 0 Å². The fourth-order valence-electron chi connectivity index (χ4n) is 1.85. The molecule has 0 saturated heterocycles. The van der Waals surface area contributed by atoms with Crippen molar-refractivity contribution in [1.29, 1.82) is 0 Å². The number of nitrogens with one attached hydrogen (secondary N) is 1.